The Morgan fingerprint density at radius 3 is 2.36 bits per heavy atom. The fraction of sp³-hybridized carbons (Fsp3) is 0.0909. The predicted octanol–water partition coefficient (Wildman–Crippen LogP) is 5.22. The summed E-state index contributed by atoms with van der Waals surface area (Å²) in [6, 6.07) is 15.9. The van der Waals surface area contributed by atoms with E-state index in [1.165, 1.54) is 6.92 Å². The van der Waals surface area contributed by atoms with E-state index in [0.717, 1.165) is 17.7 Å². The summed E-state index contributed by atoms with van der Waals surface area (Å²) in [7, 11) is -4.51. The van der Waals surface area contributed by atoms with Gasteiger partial charge in [-0.2, -0.15) is 8.42 Å². The molecular formula is C22H19CuN4O5S. The van der Waals surface area contributed by atoms with E-state index >= 15 is 0 Å². The van der Waals surface area contributed by atoms with Crippen LogP contribution in [-0.2, 0) is 27.2 Å². The number of phenols is 1. The minimum atomic E-state index is -4.51. The standard InChI is InChI=1S/C22H20N4O5S.Cu/c1-14-8-9-19(17(10-14)13-27)23-25-22(16-6-4-3-5-7-16)26-24-20-12-18(32(29,30)31)11-15(2)21(20)28;/h3-13H,1-2H3,(H3,23,24,25,26,27,28,29,30,31);/q;+1/p-1. The van der Waals surface area contributed by atoms with E-state index in [4.69, 9.17) is 0 Å². The quantitative estimate of drug-likeness (QED) is 0.0881. The van der Waals surface area contributed by atoms with Crippen LogP contribution in [0, 0.1) is 13.8 Å². The monoisotopic (exact) mass is 514 g/mol. The van der Waals surface area contributed by atoms with Gasteiger partial charge in [0.05, 0.1) is 10.6 Å². The number of carbonyl (C=O) groups is 1. The van der Waals surface area contributed by atoms with Gasteiger partial charge in [-0.3, -0.25) is 9.35 Å². The van der Waals surface area contributed by atoms with Gasteiger partial charge in [-0.05, 0) is 37.6 Å². The van der Waals surface area contributed by atoms with E-state index in [1.54, 1.807) is 48.5 Å². The van der Waals surface area contributed by atoms with Crippen molar-refractivity contribution in [1.29, 1.82) is 0 Å². The molecule has 0 saturated heterocycles. The molecule has 9 nitrogen and oxygen atoms in total. The Hall–Kier alpha value is -3.37. The van der Waals surface area contributed by atoms with Gasteiger partial charge in [-0.15, -0.1) is 10.2 Å². The Labute approximate surface area is 201 Å². The van der Waals surface area contributed by atoms with Crippen molar-refractivity contribution in [2.24, 2.45) is 15.3 Å². The van der Waals surface area contributed by atoms with Crippen molar-refractivity contribution >= 4 is 33.6 Å². The maximum atomic E-state index is 11.5. The van der Waals surface area contributed by atoms with Crippen molar-refractivity contribution in [1.82, 2.24) is 0 Å². The summed E-state index contributed by atoms with van der Waals surface area (Å²) in [5, 5.41) is 22.5. The van der Waals surface area contributed by atoms with E-state index in [2.05, 4.69) is 20.8 Å². The molecule has 0 atom stereocenters. The van der Waals surface area contributed by atoms with Crippen LogP contribution >= 0.6 is 0 Å². The van der Waals surface area contributed by atoms with Crippen molar-refractivity contribution in [3.05, 3.63) is 88.3 Å². The smallest absolute Gasteiger partial charge is 0.571 e. The largest absolute Gasteiger partial charge is 1.00 e. The number of nitrogens with zero attached hydrogens (tertiary/aromatic N) is 4. The van der Waals surface area contributed by atoms with E-state index in [1.807, 2.05) is 6.92 Å². The first-order chi connectivity index (χ1) is 15.2. The van der Waals surface area contributed by atoms with Crippen molar-refractivity contribution in [2.75, 3.05) is 0 Å². The molecule has 3 aromatic carbocycles. The number of aryl methyl sites for hydroxylation is 2. The fourth-order valence-corrected chi connectivity index (χ4v) is 3.32. The average Bonchev–Trinajstić information content (AvgIpc) is 2.76. The Bertz CT molecular complexity index is 1330. The molecule has 3 aromatic rings. The Kier molecular flexibility index (Phi) is 8.61. The maximum absolute atomic E-state index is 11.5. The van der Waals surface area contributed by atoms with Gasteiger partial charge in [0.15, 0.2) is 12.1 Å². The van der Waals surface area contributed by atoms with Crippen LogP contribution in [0.25, 0.3) is 5.43 Å². The van der Waals surface area contributed by atoms with Crippen molar-refractivity contribution < 1.29 is 39.9 Å². The summed E-state index contributed by atoms with van der Waals surface area (Å²) in [6.07, 6.45) is 0.673. The van der Waals surface area contributed by atoms with E-state index < -0.39 is 15.0 Å². The number of benzene rings is 3. The molecule has 0 aliphatic heterocycles. The molecule has 33 heavy (non-hydrogen) atoms. The number of aldehydes is 1. The first kappa shape index (κ1) is 25.9. The minimum Gasteiger partial charge on any atom is -0.571 e. The molecule has 0 bridgehead atoms. The van der Waals surface area contributed by atoms with Gasteiger partial charge in [0.25, 0.3) is 10.1 Å². The van der Waals surface area contributed by atoms with Gasteiger partial charge in [-0.25, -0.2) is 0 Å². The van der Waals surface area contributed by atoms with Crippen LogP contribution in [0.1, 0.15) is 27.0 Å². The molecule has 0 saturated carbocycles. The summed E-state index contributed by atoms with van der Waals surface area (Å²) < 4.78 is 32.3. The molecule has 3 rings (SSSR count). The van der Waals surface area contributed by atoms with E-state index in [0.29, 0.717) is 23.1 Å². The molecule has 0 heterocycles. The fourth-order valence-electron chi connectivity index (χ4n) is 2.74. The molecule has 174 valence electrons. The Morgan fingerprint density at radius 2 is 1.73 bits per heavy atom. The molecule has 0 spiro atoms. The second-order valence-corrected chi connectivity index (χ2v) is 8.27. The molecule has 0 aliphatic rings. The predicted molar refractivity (Wildman–Crippen MR) is 120 cm³/mol. The van der Waals surface area contributed by atoms with Crippen molar-refractivity contribution in [2.45, 2.75) is 18.7 Å². The number of aromatic hydroxyl groups is 1. The van der Waals surface area contributed by atoms with Gasteiger partial charge < -0.3 is 15.6 Å². The van der Waals surface area contributed by atoms with Gasteiger partial charge in [0.1, 0.15) is 5.75 Å². The summed E-state index contributed by atoms with van der Waals surface area (Å²) in [6.45, 7) is 3.31. The number of amidine groups is 1. The third-order valence-corrected chi connectivity index (χ3v) is 5.23. The first-order valence-electron chi connectivity index (χ1n) is 9.32. The van der Waals surface area contributed by atoms with Crippen LogP contribution in [0.5, 0.6) is 5.75 Å². The zero-order chi connectivity index (χ0) is 23.3. The molecule has 0 radical (unpaired) electrons. The van der Waals surface area contributed by atoms with Crippen LogP contribution in [0.2, 0.25) is 0 Å². The third-order valence-electron chi connectivity index (χ3n) is 4.40. The summed E-state index contributed by atoms with van der Waals surface area (Å²) in [5.41, 5.74) is 6.06. The molecule has 0 fully saturated rings. The SMILES string of the molecule is Cc1ccc(N=N/C(=N/[N-]c2cc(S(=O)(=O)O)cc(C)c2O)c2ccccc2)c(C=O)c1.[Cu+]. The normalized spacial score (nSPS) is 11.8. The molecule has 11 heteroatoms. The molecule has 2 N–H and O–H groups in total. The third kappa shape index (κ3) is 6.56. The summed E-state index contributed by atoms with van der Waals surface area (Å²) in [4.78, 5) is 10.9. The van der Waals surface area contributed by atoms with Crippen molar-refractivity contribution in [3.8, 4) is 5.75 Å². The summed E-state index contributed by atoms with van der Waals surface area (Å²) in [5.74, 6) is -0.246. The van der Waals surface area contributed by atoms with Crippen LogP contribution in [0.4, 0.5) is 11.4 Å². The number of azo groups is 1. The number of phenolic OH excluding ortho intramolecular Hbond substituents is 1. The van der Waals surface area contributed by atoms with E-state index in [9.17, 15) is 22.9 Å². The van der Waals surface area contributed by atoms with Crippen LogP contribution in [0.15, 0.2) is 80.9 Å². The molecule has 0 amide bonds. The van der Waals surface area contributed by atoms with Gasteiger partial charge in [0, 0.05) is 11.1 Å². The van der Waals surface area contributed by atoms with Gasteiger partial charge in [-0.1, -0.05) is 53.7 Å². The molecule has 0 aliphatic carbocycles. The number of hydrogen-bond donors (Lipinski definition) is 2. The van der Waals surface area contributed by atoms with Crippen molar-refractivity contribution in [3.63, 3.8) is 0 Å². The topological polar surface area (TPSA) is 143 Å². The van der Waals surface area contributed by atoms with E-state index in [-0.39, 0.29) is 39.9 Å². The van der Waals surface area contributed by atoms with Crippen LogP contribution < -0.4 is 0 Å². The second-order valence-electron chi connectivity index (χ2n) is 6.85. The molecular weight excluding hydrogens is 496 g/mol. The Morgan fingerprint density at radius 1 is 1.03 bits per heavy atom. The molecule has 0 unspecified atom stereocenters. The van der Waals surface area contributed by atoms with Crippen LogP contribution in [-0.4, -0.2) is 30.2 Å². The summed E-state index contributed by atoms with van der Waals surface area (Å²) >= 11 is 0. The Balaban J connectivity index is 0.00000385. The van der Waals surface area contributed by atoms with Crippen LogP contribution in [0.3, 0.4) is 0 Å². The number of rotatable bonds is 6. The minimum absolute atomic E-state index is 0. The zero-order valence-corrected chi connectivity index (χ0v) is 19.2. The zero-order valence-electron chi connectivity index (χ0n) is 17.5. The average molecular weight is 515 g/mol. The maximum Gasteiger partial charge on any atom is 1.00 e. The second kappa shape index (κ2) is 11.0. The molecule has 0 aromatic heterocycles. The van der Waals surface area contributed by atoms with Gasteiger partial charge >= 0.3 is 17.1 Å². The van der Waals surface area contributed by atoms with Gasteiger partial charge in [0.2, 0.25) is 0 Å². The first-order valence-corrected chi connectivity index (χ1v) is 10.8. The number of hydrogen-bond acceptors (Lipinski definition) is 6. The number of carbonyl (C=O) groups excluding carboxylic acids is 1.